The molecule has 10 heteroatoms. The summed E-state index contributed by atoms with van der Waals surface area (Å²) in [5.41, 5.74) is -1.07. The van der Waals surface area contributed by atoms with E-state index in [0.717, 1.165) is 12.8 Å². The summed E-state index contributed by atoms with van der Waals surface area (Å²) in [5.74, 6) is 0. The minimum absolute atomic E-state index is 0.0631. The van der Waals surface area contributed by atoms with E-state index in [-0.39, 0.29) is 19.8 Å². The standard InChI is InChI=1S/C18H40O8P2/c1-2-3-4-5-6-7-8-9-10-11-12-13-24-15-18(14-19,16-25-27(20)21)17-26-28(22)23/h19-23H,2-17H2,1H3. The number of hydrogen-bond donors (Lipinski definition) is 5. The van der Waals surface area contributed by atoms with Crippen LogP contribution in [0.4, 0.5) is 0 Å². The minimum Gasteiger partial charge on any atom is -0.396 e. The summed E-state index contributed by atoms with van der Waals surface area (Å²) in [4.78, 5) is 35.7. The smallest absolute Gasteiger partial charge is 0.327 e. The predicted octanol–water partition coefficient (Wildman–Crippen LogP) is 3.75. The van der Waals surface area contributed by atoms with Gasteiger partial charge in [-0.15, -0.1) is 0 Å². The summed E-state index contributed by atoms with van der Waals surface area (Å²) >= 11 is 0. The van der Waals surface area contributed by atoms with Crippen molar-refractivity contribution in [1.82, 2.24) is 0 Å². The molecule has 5 N–H and O–H groups in total. The molecule has 8 nitrogen and oxygen atoms in total. The lowest BCUT2D eigenvalue weighted by atomic mass is 9.93. The third-order valence-electron chi connectivity index (χ3n) is 4.61. The molecule has 0 bridgehead atoms. The van der Waals surface area contributed by atoms with Crippen LogP contribution >= 0.6 is 17.2 Å². The van der Waals surface area contributed by atoms with Crippen LogP contribution in [0.25, 0.3) is 0 Å². The molecule has 0 aliphatic carbocycles. The van der Waals surface area contributed by atoms with Crippen molar-refractivity contribution in [3.63, 3.8) is 0 Å². The first-order valence-corrected chi connectivity index (χ1v) is 12.6. The van der Waals surface area contributed by atoms with Gasteiger partial charge in [0.25, 0.3) is 0 Å². The van der Waals surface area contributed by atoms with Crippen LogP contribution in [0.3, 0.4) is 0 Å². The molecule has 0 unspecified atom stereocenters. The maximum absolute atomic E-state index is 9.64. The van der Waals surface area contributed by atoms with Gasteiger partial charge in [0.15, 0.2) is 0 Å². The van der Waals surface area contributed by atoms with E-state index in [2.05, 4.69) is 6.92 Å². The van der Waals surface area contributed by atoms with E-state index >= 15 is 0 Å². The molecule has 0 aliphatic heterocycles. The quantitative estimate of drug-likeness (QED) is 0.133. The highest BCUT2D eigenvalue weighted by Gasteiger charge is 2.33. The highest BCUT2D eigenvalue weighted by Crippen LogP contribution is 2.33. The van der Waals surface area contributed by atoms with Crippen molar-refractivity contribution in [2.75, 3.05) is 33.0 Å². The molecule has 0 heterocycles. The summed E-state index contributed by atoms with van der Waals surface area (Å²) in [6.45, 7) is 1.97. The van der Waals surface area contributed by atoms with Gasteiger partial charge in [0.05, 0.1) is 31.8 Å². The number of rotatable bonds is 21. The molecule has 0 fully saturated rings. The molecule has 170 valence electrons. The summed E-state index contributed by atoms with van der Waals surface area (Å²) in [6.07, 6.45) is 13.7. The van der Waals surface area contributed by atoms with Gasteiger partial charge in [-0.05, 0) is 6.42 Å². The minimum atomic E-state index is -2.58. The van der Waals surface area contributed by atoms with Crippen LogP contribution in [0.2, 0.25) is 0 Å². The highest BCUT2D eigenvalue weighted by molar-refractivity contribution is 7.39. The van der Waals surface area contributed by atoms with E-state index in [1.54, 1.807) is 0 Å². The van der Waals surface area contributed by atoms with Gasteiger partial charge in [0.2, 0.25) is 0 Å². The van der Waals surface area contributed by atoms with Crippen LogP contribution in [0.15, 0.2) is 0 Å². The average molecular weight is 446 g/mol. The Morgan fingerprint density at radius 2 is 1.07 bits per heavy atom. The van der Waals surface area contributed by atoms with E-state index in [1.165, 1.54) is 57.8 Å². The maximum atomic E-state index is 9.64. The zero-order valence-corrected chi connectivity index (χ0v) is 19.0. The third kappa shape index (κ3) is 17.4. The first-order valence-electron chi connectivity index (χ1n) is 10.3. The summed E-state index contributed by atoms with van der Waals surface area (Å²) in [5, 5.41) is 9.64. The Morgan fingerprint density at radius 1 is 0.643 bits per heavy atom. The normalized spacial score (nSPS) is 12.4. The molecule has 0 aromatic rings. The highest BCUT2D eigenvalue weighted by atomic mass is 31.2. The lowest BCUT2D eigenvalue weighted by Crippen LogP contribution is -2.40. The third-order valence-corrected chi connectivity index (χ3v) is 5.33. The van der Waals surface area contributed by atoms with Crippen molar-refractivity contribution in [3.05, 3.63) is 0 Å². The second-order valence-corrected chi connectivity index (χ2v) is 8.83. The van der Waals surface area contributed by atoms with Crippen LogP contribution in [0.5, 0.6) is 0 Å². The second-order valence-electron chi connectivity index (χ2n) is 7.30. The van der Waals surface area contributed by atoms with Gasteiger partial charge in [-0.2, -0.15) is 0 Å². The summed E-state index contributed by atoms with van der Waals surface area (Å²) in [7, 11) is -5.15. The molecule has 0 radical (unpaired) electrons. The Hall–Kier alpha value is 0.540. The van der Waals surface area contributed by atoms with Crippen molar-refractivity contribution in [3.8, 4) is 0 Å². The van der Waals surface area contributed by atoms with Gasteiger partial charge in [-0.1, -0.05) is 71.1 Å². The van der Waals surface area contributed by atoms with Gasteiger partial charge in [0.1, 0.15) is 0 Å². The first kappa shape index (κ1) is 28.5. The van der Waals surface area contributed by atoms with Crippen LogP contribution in [-0.4, -0.2) is 57.7 Å². The van der Waals surface area contributed by atoms with E-state index in [1.807, 2.05) is 0 Å². The average Bonchev–Trinajstić information content (AvgIpc) is 2.67. The van der Waals surface area contributed by atoms with Crippen LogP contribution < -0.4 is 0 Å². The van der Waals surface area contributed by atoms with Crippen LogP contribution in [0, 0.1) is 5.41 Å². The van der Waals surface area contributed by atoms with Gasteiger partial charge < -0.3 is 38.5 Å². The SMILES string of the molecule is CCCCCCCCCCCCCOCC(CO)(COP(O)O)COP(O)O. The first-order chi connectivity index (χ1) is 13.5. The van der Waals surface area contributed by atoms with Crippen molar-refractivity contribution >= 4 is 17.2 Å². The molecule has 28 heavy (non-hydrogen) atoms. The molecule has 0 saturated heterocycles. The number of ether oxygens (including phenoxy) is 1. The lowest BCUT2D eigenvalue weighted by molar-refractivity contribution is -0.0500. The van der Waals surface area contributed by atoms with Crippen molar-refractivity contribution in [2.24, 2.45) is 5.41 Å². The fraction of sp³-hybridized carbons (Fsp3) is 1.00. The van der Waals surface area contributed by atoms with Crippen LogP contribution in [-0.2, 0) is 13.8 Å². The monoisotopic (exact) mass is 446 g/mol. The molecule has 0 rings (SSSR count). The predicted molar refractivity (Wildman–Crippen MR) is 111 cm³/mol. The van der Waals surface area contributed by atoms with Crippen molar-refractivity contribution in [1.29, 1.82) is 0 Å². The zero-order chi connectivity index (χ0) is 21.1. The van der Waals surface area contributed by atoms with Crippen LogP contribution in [0.1, 0.15) is 77.6 Å². The summed E-state index contributed by atoms with van der Waals surface area (Å²) < 4.78 is 15.2. The molecule has 0 aromatic carbocycles. The number of hydrogen-bond acceptors (Lipinski definition) is 8. The van der Waals surface area contributed by atoms with Gasteiger partial charge in [-0.25, -0.2) is 0 Å². The molecule has 0 saturated carbocycles. The topological polar surface area (TPSA) is 129 Å². The maximum Gasteiger partial charge on any atom is 0.327 e. The Labute approximate surface area is 172 Å². The zero-order valence-electron chi connectivity index (χ0n) is 17.2. The van der Waals surface area contributed by atoms with Crippen molar-refractivity contribution < 1.29 is 38.5 Å². The Kier molecular flexibility index (Phi) is 19.9. The van der Waals surface area contributed by atoms with E-state index in [4.69, 9.17) is 33.4 Å². The molecule has 0 amide bonds. The fourth-order valence-electron chi connectivity index (χ4n) is 2.81. The molecule has 0 aliphatic rings. The van der Waals surface area contributed by atoms with E-state index < -0.39 is 29.2 Å². The van der Waals surface area contributed by atoms with E-state index in [0.29, 0.717) is 6.61 Å². The molecule has 0 aromatic heterocycles. The fourth-order valence-corrected chi connectivity index (χ4v) is 3.59. The Balaban J connectivity index is 3.82. The second kappa shape index (κ2) is 19.5. The number of aliphatic hydroxyl groups excluding tert-OH is 1. The molecular weight excluding hydrogens is 406 g/mol. The molecule has 0 spiro atoms. The van der Waals surface area contributed by atoms with Gasteiger partial charge in [0, 0.05) is 6.61 Å². The Morgan fingerprint density at radius 3 is 1.46 bits per heavy atom. The van der Waals surface area contributed by atoms with Gasteiger partial charge in [-0.3, -0.25) is 0 Å². The molecular formula is C18H40O8P2. The largest absolute Gasteiger partial charge is 0.396 e. The number of aliphatic hydroxyl groups is 1. The van der Waals surface area contributed by atoms with Gasteiger partial charge >= 0.3 is 17.2 Å². The number of unbranched alkanes of at least 4 members (excludes halogenated alkanes) is 10. The summed E-state index contributed by atoms with van der Waals surface area (Å²) in [6, 6.07) is 0. The van der Waals surface area contributed by atoms with Crippen molar-refractivity contribution in [2.45, 2.75) is 77.6 Å². The van der Waals surface area contributed by atoms with E-state index in [9.17, 15) is 5.11 Å². The lowest BCUT2D eigenvalue weighted by Gasteiger charge is -2.31. The molecule has 0 atom stereocenters. The Bertz CT molecular complexity index is 323.